The van der Waals surface area contributed by atoms with Gasteiger partial charge < -0.3 is 0 Å². The first-order chi connectivity index (χ1) is 8.67. The van der Waals surface area contributed by atoms with Crippen molar-refractivity contribution in [1.29, 1.82) is 0 Å². The van der Waals surface area contributed by atoms with E-state index in [2.05, 4.69) is 47.9 Å². The Kier molecular flexibility index (Phi) is 2.77. The summed E-state index contributed by atoms with van der Waals surface area (Å²) in [6.45, 7) is 9.47. The molecule has 3 rings (SSSR count). The summed E-state index contributed by atoms with van der Waals surface area (Å²) in [6.07, 6.45) is 7.82. The second-order valence-electron chi connectivity index (χ2n) is 8.38. The van der Waals surface area contributed by atoms with Crippen molar-refractivity contribution in [2.45, 2.75) is 65.0 Å². The van der Waals surface area contributed by atoms with Crippen molar-refractivity contribution in [2.75, 3.05) is 14.1 Å². The van der Waals surface area contributed by atoms with Crippen molar-refractivity contribution in [2.24, 2.45) is 17.3 Å². The van der Waals surface area contributed by atoms with Gasteiger partial charge in [-0.1, -0.05) is 18.6 Å². The van der Waals surface area contributed by atoms with E-state index in [9.17, 15) is 0 Å². The lowest BCUT2D eigenvalue weighted by Crippen LogP contribution is -2.57. The predicted molar refractivity (Wildman–Crippen MR) is 78.4 cm³/mol. The number of nitrogens with zero attached hydrogens (tertiary/aromatic N) is 1. The molecule has 0 amide bonds. The van der Waals surface area contributed by atoms with E-state index in [0.717, 1.165) is 4.65 Å². The minimum atomic E-state index is 0.0211. The molecule has 108 valence electrons. The lowest BCUT2D eigenvalue weighted by Gasteiger charge is -2.51. The highest BCUT2D eigenvalue weighted by Crippen LogP contribution is 2.59. The fraction of sp³-hybridized carbons (Fsp3) is 0.882. The van der Waals surface area contributed by atoms with E-state index in [1.54, 1.807) is 5.57 Å². The molecule has 19 heavy (non-hydrogen) atoms. The first-order valence-electron chi connectivity index (χ1n) is 7.88. The summed E-state index contributed by atoms with van der Waals surface area (Å²) < 4.78 is 0.739. The zero-order chi connectivity index (χ0) is 14.1. The molecule has 1 heterocycles. The summed E-state index contributed by atoms with van der Waals surface area (Å²) >= 11 is 0. The lowest BCUT2D eigenvalue weighted by atomic mass is 9.54. The van der Waals surface area contributed by atoms with Crippen molar-refractivity contribution in [3.8, 4) is 0 Å². The fourth-order valence-electron chi connectivity index (χ4n) is 5.60. The van der Waals surface area contributed by atoms with Crippen molar-refractivity contribution in [3.05, 3.63) is 11.6 Å². The van der Waals surface area contributed by atoms with E-state index in [0.29, 0.717) is 23.3 Å². The number of quaternary nitrogens is 1. The highest BCUT2D eigenvalue weighted by Gasteiger charge is 2.64. The van der Waals surface area contributed by atoms with Crippen LogP contribution >= 0.6 is 0 Å². The molecule has 0 aromatic carbocycles. The quantitative estimate of drug-likeness (QED) is 0.476. The zero-order valence-electron chi connectivity index (χ0n) is 13.5. The Morgan fingerprint density at radius 3 is 2.58 bits per heavy atom. The highest BCUT2D eigenvalue weighted by molar-refractivity contribution is 5.19. The normalized spacial score (nSPS) is 47.3. The number of fused-ring (bicyclic) bond motifs is 3. The lowest BCUT2D eigenvalue weighted by molar-refractivity contribution is -1.09. The van der Waals surface area contributed by atoms with Crippen LogP contribution in [-0.2, 0) is 4.84 Å². The van der Waals surface area contributed by atoms with Crippen LogP contribution in [-0.4, -0.2) is 30.4 Å². The van der Waals surface area contributed by atoms with Gasteiger partial charge in [-0.25, -0.2) is 0 Å². The largest absolute Gasteiger partial charge is 0.197 e. The molecule has 1 aliphatic heterocycles. The van der Waals surface area contributed by atoms with Crippen molar-refractivity contribution in [1.82, 2.24) is 0 Å². The summed E-state index contributed by atoms with van der Waals surface area (Å²) in [5.74, 6) is 1.40. The first-order valence-corrected chi connectivity index (χ1v) is 7.88. The third-order valence-electron chi connectivity index (χ3n) is 6.28. The van der Waals surface area contributed by atoms with Crippen LogP contribution < -0.4 is 0 Å². The van der Waals surface area contributed by atoms with Gasteiger partial charge in [0.1, 0.15) is 11.6 Å². The second-order valence-corrected chi connectivity index (χ2v) is 8.38. The summed E-state index contributed by atoms with van der Waals surface area (Å²) in [5.41, 5.74) is 2.14. The first kappa shape index (κ1) is 13.6. The number of hydroxylamine groups is 3. The van der Waals surface area contributed by atoms with Crippen LogP contribution in [0.3, 0.4) is 0 Å². The van der Waals surface area contributed by atoms with Gasteiger partial charge in [-0.15, -0.1) is 0 Å². The van der Waals surface area contributed by atoms with E-state index in [-0.39, 0.29) is 5.60 Å². The minimum Gasteiger partial charge on any atom is -0.197 e. The summed E-state index contributed by atoms with van der Waals surface area (Å²) in [6, 6.07) is 0.630. The molecule has 0 aromatic heterocycles. The number of hydrogen-bond acceptors (Lipinski definition) is 1. The predicted octanol–water partition coefficient (Wildman–Crippen LogP) is 3.93. The van der Waals surface area contributed by atoms with E-state index < -0.39 is 0 Å². The molecule has 0 N–H and O–H groups in total. The van der Waals surface area contributed by atoms with E-state index in [1.807, 2.05) is 0 Å². The van der Waals surface area contributed by atoms with Gasteiger partial charge in [0.25, 0.3) is 0 Å². The average molecular weight is 264 g/mol. The van der Waals surface area contributed by atoms with Gasteiger partial charge in [0, 0.05) is 11.8 Å². The van der Waals surface area contributed by atoms with Crippen LogP contribution in [0.2, 0.25) is 0 Å². The van der Waals surface area contributed by atoms with Crippen molar-refractivity contribution in [3.63, 3.8) is 0 Å². The van der Waals surface area contributed by atoms with Crippen LogP contribution in [0.5, 0.6) is 0 Å². The zero-order valence-corrected chi connectivity index (χ0v) is 13.5. The molecule has 0 unspecified atom stereocenters. The summed E-state index contributed by atoms with van der Waals surface area (Å²) in [7, 11) is 4.53. The van der Waals surface area contributed by atoms with Crippen LogP contribution in [0, 0.1) is 17.3 Å². The molecule has 2 heteroatoms. The summed E-state index contributed by atoms with van der Waals surface area (Å²) in [4.78, 5) is 6.44. The van der Waals surface area contributed by atoms with Gasteiger partial charge >= 0.3 is 0 Å². The molecular formula is C17H30NO+. The monoisotopic (exact) mass is 264 g/mol. The molecular weight excluding hydrogens is 234 g/mol. The maximum Gasteiger partial charge on any atom is 0.131 e. The Balaban J connectivity index is 2.07. The Morgan fingerprint density at radius 1 is 1.21 bits per heavy atom. The van der Waals surface area contributed by atoms with Gasteiger partial charge in [-0.3, -0.25) is 0 Å². The van der Waals surface area contributed by atoms with Crippen molar-refractivity contribution < 1.29 is 9.48 Å². The van der Waals surface area contributed by atoms with E-state index in [4.69, 9.17) is 4.84 Å². The summed E-state index contributed by atoms with van der Waals surface area (Å²) in [5, 5.41) is 0. The molecule has 1 saturated carbocycles. The van der Waals surface area contributed by atoms with E-state index >= 15 is 0 Å². The second kappa shape index (κ2) is 3.85. The molecule has 2 nitrogen and oxygen atoms in total. The third-order valence-corrected chi connectivity index (χ3v) is 6.28. The number of rotatable bonds is 0. The Bertz CT molecular complexity index is 423. The Labute approximate surface area is 118 Å². The molecule has 3 aliphatic rings. The van der Waals surface area contributed by atoms with Crippen molar-refractivity contribution >= 4 is 0 Å². The molecule has 1 saturated heterocycles. The van der Waals surface area contributed by atoms with E-state index in [1.165, 1.54) is 25.7 Å². The van der Waals surface area contributed by atoms with Gasteiger partial charge in [-0.2, -0.15) is 9.48 Å². The maximum atomic E-state index is 6.44. The van der Waals surface area contributed by atoms with Crippen LogP contribution in [0.1, 0.15) is 53.4 Å². The standard InChI is InChI=1S/C17H30NO/c1-12-8-7-10-17(4)11-9-13-15(14(12)17)18(5,6)19-16(13,2)3/h8,13-15H,7,9-11H2,1-6H3/q+1/t13-,14+,15-,17+/m0/s1. The third kappa shape index (κ3) is 1.83. The Hall–Kier alpha value is -0.340. The van der Waals surface area contributed by atoms with Crippen LogP contribution in [0.25, 0.3) is 0 Å². The van der Waals surface area contributed by atoms with Gasteiger partial charge in [0.05, 0.1) is 14.1 Å². The molecule has 0 radical (unpaired) electrons. The molecule has 2 fully saturated rings. The molecule has 4 atom stereocenters. The van der Waals surface area contributed by atoms with Crippen LogP contribution in [0.4, 0.5) is 0 Å². The van der Waals surface area contributed by atoms with Crippen LogP contribution in [0.15, 0.2) is 11.6 Å². The highest BCUT2D eigenvalue weighted by atomic mass is 16.7. The van der Waals surface area contributed by atoms with Gasteiger partial charge in [-0.05, 0) is 51.9 Å². The molecule has 2 aliphatic carbocycles. The molecule has 0 spiro atoms. The van der Waals surface area contributed by atoms with Gasteiger partial charge in [0.2, 0.25) is 0 Å². The maximum absolute atomic E-state index is 6.44. The number of allylic oxidation sites excluding steroid dienone is 1. The van der Waals surface area contributed by atoms with Gasteiger partial charge in [0.15, 0.2) is 0 Å². The minimum absolute atomic E-state index is 0.0211. The molecule has 0 bridgehead atoms. The fourth-order valence-corrected chi connectivity index (χ4v) is 5.60. The average Bonchev–Trinajstić information content (AvgIpc) is 2.43. The molecule has 0 aromatic rings. The smallest absolute Gasteiger partial charge is 0.131 e. The SMILES string of the molecule is CC1=CCC[C@]2(C)CC[C@H]3[C@@H]([C@@H]12)[N+](C)(C)OC3(C)C. The number of hydrogen-bond donors (Lipinski definition) is 0. The Morgan fingerprint density at radius 2 is 1.89 bits per heavy atom. The topological polar surface area (TPSA) is 9.23 Å².